The van der Waals surface area contributed by atoms with E-state index in [2.05, 4.69) is 15.5 Å². The first kappa shape index (κ1) is 18.1. The first-order valence-corrected chi connectivity index (χ1v) is 9.81. The Kier molecular flexibility index (Phi) is 4.32. The Balaban J connectivity index is 1.37. The molecular weight excluding hydrogens is 376 g/mol. The van der Waals surface area contributed by atoms with Crippen LogP contribution in [-0.4, -0.2) is 26.9 Å². The lowest BCUT2D eigenvalue weighted by molar-refractivity contribution is 0.0751. The Morgan fingerprint density at radius 2 is 1.73 bits per heavy atom. The zero-order valence-corrected chi connectivity index (χ0v) is 16.5. The molecule has 0 spiro atoms. The van der Waals surface area contributed by atoms with Gasteiger partial charge in [-0.2, -0.15) is 5.10 Å². The molecule has 0 saturated carbocycles. The molecule has 4 aromatic rings. The van der Waals surface area contributed by atoms with Crippen LogP contribution in [0.4, 0.5) is 5.82 Å². The van der Waals surface area contributed by atoms with Crippen molar-refractivity contribution in [3.63, 3.8) is 0 Å². The summed E-state index contributed by atoms with van der Waals surface area (Å²) in [6, 6.07) is 21.0. The summed E-state index contributed by atoms with van der Waals surface area (Å²) in [7, 11) is 0. The van der Waals surface area contributed by atoms with Gasteiger partial charge in [-0.15, -0.1) is 0 Å². The number of rotatable bonds is 3. The van der Waals surface area contributed by atoms with Crippen molar-refractivity contribution in [2.24, 2.45) is 0 Å². The number of anilines is 1. The third-order valence-corrected chi connectivity index (χ3v) is 5.50. The molecule has 0 fully saturated rings. The van der Waals surface area contributed by atoms with E-state index in [4.69, 9.17) is 0 Å². The molecule has 0 bridgehead atoms. The van der Waals surface area contributed by atoms with Crippen molar-refractivity contribution >= 4 is 28.4 Å². The lowest BCUT2D eigenvalue weighted by Gasteiger charge is -2.17. The largest absolute Gasteiger partial charge is 0.328 e. The van der Waals surface area contributed by atoms with Crippen LogP contribution in [0.15, 0.2) is 66.7 Å². The molecule has 30 heavy (non-hydrogen) atoms. The predicted molar refractivity (Wildman–Crippen MR) is 115 cm³/mol. The number of fused-ring (bicyclic) bond motifs is 2. The molecular formula is C24H20N4O2. The molecule has 0 aliphatic carbocycles. The second-order valence-corrected chi connectivity index (χ2v) is 7.54. The Labute approximate surface area is 173 Å². The number of carbonyl (C=O) groups is 2. The van der Waals surface area contributed by atoms with Crippen LogP contribution in [-0.2, 0) is 13.1 Å². The summed E-state index contributed by atoms with van der Waals surface area (Å²) >= 11 is 0. The van der Waals surface area contributed by atoms with Gasteiger partial charge in [0.2, 0.25) is 0 Å². The third-order valence-electron chi connectivity index (χ3n) is 5.50. The van der Waals surface area contributed by atoms with Crippen molar-refractivity contribution < 1.29 is 9.59 Å². The van der Waals surface area contributed by atoms with Crippen molar-refractivity contribution in [3.8, 4) is 0 Å². The van der Waals surface area contributed by atoms with Gasteiger partial charge in [-0.3, -0.25) is 14.7 Å². The van der Waals surface area contributed by atoms with E-state index in [1.165, 1.54) is 0 Å². The third kappa shape index (κ3) is 3.12. The van der Waals surface area contributed by atoms with Gasteiger partial charge in [-0.05, 0) is 35.9 Å². The molecule has 0 saturated heterocycles. The Bertz CT molecular complexity index is 1270. The number of hydrogen-bond donors (Lipinski definition) is 2. The van der Waals surface area contributed by atoms with E-state index in [1.54, 1.807) is 17.0 Å². The molecule has 2 amide bonds. The second kappa shape index (κ2) is 7.15. The number of H-pyrrole nitrogens is 1. The van der Waals surface area contributed by atoms with Gasteiger partial charge in [0.25, 0.3) is 11.8 Å². The second-order valence-electron chi connectivity index (χ2n) is 7.54. The summed E-state index contributed by atoms with van der Waals surface area (Å²) in [6.07, 6.45) is 0. The standard InChI is InChI=1S/C24H20N4O2/c1-15-9-11-17(12-10-15)23(29)25-22-20-13-28(14-21(20)26-27-22)24(30)19-8-4-6-16-5-2-3-7-18(16)19/h2-12H,13-14H2,1H3,(H2,25,26,27,29). The quantitative estimate of drug-likeness (QED) is 0.543. The van der Waals surface area contributed by atoms with Crippen molar-refractivity contribution in [2.45, 2.75) is 20.0 Å². The van der Waals surface area contributed by atoms with Crippen molar-refractivity contribution in [2.75, 3.05) is 5.32 Å². The molecule has 0 atom stereocenters. The van der Waals surface area contributed by atoms with Gasteiger partial charge in [-0.1, -0.05) is 54.1 Å². The van der Waals surface area contributed by atoms with Gasteiger partial charge in [0.1, 0.15) is 0 Å². The summed E-state index contributed by atoms with van der Waals surface area (Å²) in [4.78, 5) is 27.5. The number of benzene rings is 3. The van der Waals surface area contributed by atoms with Gasteiger partial charge in [-0.25, -0.2) is 0 Å². The fourth-order valence-corrected chi connectivity index (χ4v) is 3.85. The molecule has 3 aromatic carbocycles. The maximum absolute atomic E-state index is 13.2. The lowest BCUT2D eigenvalue weighted by atomic mass is 10.0. The minimum Gasteiger partial charge on any atom is -0.328 e. The van der Waals surface area contributed by atoms with E-state index >= 15 is 0 Å². The molecule has 2 N–H and O–H groups in total. The zero-order valence-electron chi connectivity index (χ0n) is 16.5. The maximum Gasteiger partial charge on any atom is 0.256 e. The average Bonchev–Trinajstić information content (AvgIpc) is 3.35. The highest BCUT2D eigenvalue weighted by molar-refractivity contribution is 6.07. The van der Waals surface area contributed by atoms with Gasteiger partial charge in [0.15, 0.2) is 5.82 Å². The number of nitrogens with zero attached hydrogens (tertiary/aromatic N) is 2. The molecule has 6 nitrogen and oxygen atoms in total. The van der Waals surface area contributed by atoms with Crippen LogP contribution in [0.3, 0.4) is 0 Å². The van der Waals surface area contributed by atoms with Crippen LogP contribution >= 0.6 is 0 Å². The normalized spacial score (nSPS) is 12.8. The smallest absolute Gasteiger partial charge is 0.256 e. The average molecular weight is 396 g/mol. The highest BCUT2D eigenvalue weighted by Crippen LogP contribution is 2.30. The summed E-state index contributed by atoms with van der Waals surface area (Å²) in [6.45, 7) is 2.81. The molecule has 5 rings (SSSR count). The molecule has 2 heterocycles. The fraction of sp³-hybridized carbons (Fsp3) is 0.125. The lowest BCUT2D eigenvalue weighted by Crippen LogP contribution is -2.26. The molecule has 1 aromatic heterocycles. The van der Waals surface area contributed by atoms with Crippen molar-refractivity contribution in [3.05, 3.63) is 94.7 Å². The minimum atomic E-state index is -0.219. The van der Waals surface area contributed by atoms with Gasteiger partial charge >= 0.3 is 0 Å². The van der Waals surface area contributed by atoms with Crippen LogP contribution in [0.25, 0.3) is 10.8 Å². The van der Waals surface area contributed by atoms with Crippen LogP contribution in [0, 0.1) is 6.92 Å². The van der Waals surface area contributed by atoms with E-state index in [9.17, 15) is 9.59 Å². The van der Waals surface area contributed by atoms with Crippen LogP contribution in [0.5, 0.6) is 0 Å². The number of nitrogens with one attached hydrogen (secondary N) is 2. The van der Waals surface area contributed by atoms with E-state index < -0.39 is 0 Å². The minimum absolute atomic E-state index is 0.0350. The fourth-order valence-electron chi connectivity index (χ4n) is 3.85. The predicted octanol–water partition coefficient (Wildman–Crippen LogP) is 4.28. The summed E-state index contributed by atoms with van der Waals surface area (Å²) in [5.74, 6) is 0.221. The summed E-state index contributed by atoms with van der Waals surface area (Å²) < 4.78 is 0. The van der Waals surface area contributed by atoms with Gasteiger partial charge < -0.3 is 10.2 Å². The molecule has 1 aliphatic heterocycles. The maximum atomic E-state index is 13.2. The Morgan fingerprint density at radius 1 is 0.967 bits per heavy atom. The van der Waals surface area contributed by atoms with Gasteiger partial charge in [0.05, 0.1) is 18.8 Å². The monoisotopic (exact) mass is 396 g/mol. The number of carbonyl (C=O) groups excluding carboxylic acids is 2. The Hall–Kier alpha value is -3.93. The van der Waals surface area contributed by atoms with E-state index in [-0.39, 0.29) is 11.8 Å². The number of aromatic nitrogens is 2. The Morgan fingerprint density at radius 3 is 2.57 bits per heavy atom. The number of aromatic amines is 1. The first-order valence-electron chi connectivity index (χ1n) is 9.81. The molecule has 1 aliphatic rings. The van der Waals surface area contributed by atoms with Crippen molar-refractivity contribution in [1.82, 2.24) is 15.1 Å². The first-order chi connectivity index (χ1) is 14.6. The summed E-state index contributed by atoms with van der Waals surface area (Å²) in [5.41, 5.74) is 4.04. The number of amides is 2. The van der Waals surface area contributed by atoms with Gasteiger partial charge in [0, 0.05) is 16.7 Å². The molecule has 148 valence electrons. The van der Waals surface area contributed by atoms with Crippen LogP contribution < -0.4 is 5.32 Å². The highest BCUT2D eigenvalue weighted by Gasteiger charge is 2.30. The highest BCUT2D eigenvalue weighted by atomic mass is 16.2. The number of aryl methyl sites for hydroxylation is 1. The van der Waals surface area contributed by atoms with E-state index in [1.807, 2.05) is 61.5 Å². The number of hydrogen-bond acceptors (Lipinski definition) is 3. The molecule has 6 heteroatoms. The van der Waals surface area contributed by atoms with E-state index in [0.717, 1.165) is 27.6 Å². The zero-order chi connectivity index (χ0) is 20.7. The topological polar surface area (TPSA) is 78.1 Å². The SMILES string of the molecule is Cc1ccc(C(=O)Nc2n[nH]c3c2CN(C(=O)c2cccc4ccccc24)C3)cc1. The molecule has 0 radical (unpaired) electrons. The molecule has 0 unspecified atom stereocenters. The summed E-state index contributed by atoms with van der Waals surface area (Å²) in [5, 5.41) is 12.0. The van der Waals surface area contributed by atoms with Crippen LogP contribution in [0.1, 0.15) is 37.5 Å². The van der Waals surface area contributed by atoms with Crippen LogP contribution in [0.2, 0.25) is 0 Å². The van der Waals surface area contributed by atoms with Crippen molar-refractivity contribution in [1.29, 1.82) is 0 Å². The van der Waals surface area contributed by atoms with E-state index in [0.29, 0.717) is 30.0 Å².